The van der Waals surface area contributed by atoms with Crippen molar-refractivity contribution in [3.05, 3.63) is 94.3 Å². The van der Waals surface area contributed by atoms with Crippen LogP contribution in [0.3, 0.4) is 0 Å². The van der Waals surface area contributed by atoms with E-state index in [1.807, 2.05) is 29.2 Å². The summed E-state index contributed by atoms with van der Waals surface area (Å²) in [5.74, 6) is -0.951. The SMILES string of the molecule is C=C[C@@H]1CN(c2ccc(C#N)c(Cl)c2)[C@@H](C)CN1C(=O)NC1=CC=C(N2CCC(CN(CC)C3CC(Oc4ccc5c(c4)C(=O)N(C4CCC(=O)NC4=O)C5=O)C3)CC2)CC1. The Morgan fingerprint density at radius 3 is 2.46 bits per heavy atom. The number of piperidine rings is 2. The second-order valence-electron chi connectivity index (χ2n) is 17.1. The highest BCUT2D eigenvalue weighted by Crippen LogP contribution is 2.36. The Hall–Kier alpha value is -5.65. The molecule has 320 valence electrons. The van der Waals surface area contributed by atoms with Crippen molar-refractivity contribution in [2.45, 2.75) is 95.5 Å². The highest BCUT2D eigenvalue weighted by atomic mass is 35.5. The molecule has 8 rings (SSSR count). The molecule has 2 N–H and O–H groups in total. The predicted molar refractivity (Wildman–Crippen MR) is 230 cm³/mol. The normalized spacial score (nSPS) is 25.7. The monoisotopic (exact) mass is 848 g/mol. The first-order valence-electron chi connectivity index (χ1n) is 21.5. The topological polar surface area (TPSA) is 159 Å². The lowest BCUT2D eigenvalue weighted by atomic mass is 9.86. The fourth-order valence-corrected chi connectivity index (χ4v) is 9.91. The van der Waals surface area contributed by atoms with Crippen molar-refractivity contribution in [1.29, 1.82) is 5.26 Å². The molecule has 6 aliphatic rings. The third-order valence-corrected chi connectivity index (χ3v) is 13.6. The first-order chi connectivity index (χ1) is 29.4. The number of nitriles is 1. The Bertz CT molecular complexity index is 2220. The summed E-state index contributed by atoms with van der Waals surface area (Å²) in [4.78, 5) is 74.0. The lowest BCUT2D eigenvalue weighted by Crippen LogP contribution is -2.60. The molecule has 0 bridgehead atoms. The zero-order valence-electron chi connectivity index (χ0n) is 34.8. The molecule has 0 aromatic heterocycles. The predicted octanol–water partition coefficient (Wildman–Crippen LogP) is 5.59. The van der Waals surface area contributed by atoms with E-state index in [-0.39, 0.29) is 48.2 Å². The fourth-order valence-electron chi connectivity index (χ4n) is 9.69. The standard InChI is InChI=1S/C46H53ClN8O6/c1-4-32-27-53(34-9-6-30(24-48)40(47)22-34)28(3)25-54(32)46(60)49-31-7-10-33(11-8-31)52-18-16-29(17-19-52)26-51(5-2)35-20-37(21-35)61-36-12-13-38-39(23-36)45(59)55(44(38)58)41-14-15-42(56)50-43(41)57/h4,6-7,9-10,12-13,22-23,28-29,32,35,37,41H,1,5,8,11,14-21,25-27H2,2-3H3,(H,49,60)(H,50,56,57)/t28-,32+,35?,37?,41?/m0/s1. The van der Waals surface area contributed by atoms with Crippen molar-refractivity contribution in [1.82, 2.24) is 30.2 Å². The third kappa shape index (κ3) is 8.63. The fraction of sp³-hybridized carbons (Fsp3) is 0.478. The Kier molecular flexibility index (Phi) is 12.2. The molecular weight excluding hydrogens is 796 g/mol. The number of allylic oxidation sites excluding steroid dienone is 4. The van der Waals surface area contributed by atoms with Gasteiger partial charge < -0.3 is 29.7 Å². The number of hydrogen-bond donors (Lipinski definition) is 2. The molecular formula is C46H53ClN8O6. The second-order valence-corrected chi connectivity index (χ2v) is 17.5. The largest absolute Gasteiger partial charge is 0.490 e. The number of likely N-dealkylation sites (tertiary alicyclic amines) is 1. The zero-order valence-corrected chi connectivity index (χ0v) is 35.5. The molecule has 2 aromatic carbocycles. The van der Waals surface area contributed by atoms with Crippen LogP contribution in [0, 0.1) is 17.2 Å². The summed E-state index contributed by atoms with van der Waals surface area (Å²) in [6.07, 6.45) is 11.9. The van der Waals surface area contributed by atoms with Crippen molar-refractivity contribution < 1.29 is 28.7 Å². The van der Waals surface area contributed by atoms with Gasteiger partial charge in [-0.2, -0.15) is 5.26 Å². The van der Waals surface area contributed by atoms with Gasteiger partial charge in [0.1, 0.15) is 24.0 Å². The first kappa shape index (κ1) is 42.1. The number of amides is 6. The number of benzene rings is 2. The lowest BCUT2D eigenvalue weighted by Gasteiger charge is -2.45. The van der Waals surface area contributed by atoms with Gasteiger partial charge in [-0.25, -0.2) is 4.79 Å². The quantitative estimate of drug-likeness (QED) is 0.216. The number of fused-ring (bicyclic) bond motifs is 1. The number of ether oxygens (including phenoxy) is 1. The minimum absolute atomic E-state index is 0.00990. The van der Waals surface area contributed by atoms with Crippen LogP contribution < -0.4 is 20.3 Å². The number of rotatable bonds is 11. The molecule has 4 aliphatic heterocycles. The Labute approximate surface area is 361 Å². The van der Waals surface area contributed by atoms with Crippen LogP contribution in [0.15, 0.2) is 72.6 Å². The highest BCUT2D eigenvalue weighted by Gasteiger charge is 2.45. The Morgan fingerprint density at radius 2 is 1.79 bits per heavy atom. The average molecular weight is 849 g/mol. The van der Waals surface area contributed by atoms with Crippen LogP contribution in [0.4, 0.5) is 10.5 Å². The molecule has 61 heavy (non-hydrogen) atoms. The molecule has 0 radical (unpaired) electrons. The summed E-state index contributed by atoms with van der Waals surface area (Å²) in [6, 6.07) is 11.6. The van der Waals surface area contributed by atoms with E-state index in [0.717, 1.165) is 81.0 Å². The van der Waals surface area contributed by atoms with E-state index >= 15 is 0 Å². The lowest BCUT2D eigenvalue weighted by molar-refractivity contribution is -0.136. The summed E-state index contributed by atoms with van der Waals surface area (Å²) in [5.41, 5.74) is 4.05. The van der Waals surface area contributed by atoms with Crippen molar-refractivity contribution >= 4 is 46.9 Å². The number of hydrogen-bond acceptors (Lipinski definition) is 10. The minimum atomic E-state index is -0.995. The molecule has 14 nitrogen and oxygen atoms in total. The van der Waals surface area contributed by atoms with Gasteiger partial charge in [0.05, 0.1) is 27.8 Å². The van der Waals surface area contributed by atoms with Crippen LogP contribution in [0.5, 0.6) is 5.75 Å². The number of nitrogens with zero attached hydrogens (tertiary/aromatic N) is 6. The van der Waals surface area contributed by atoms with Crippen molar-refractivity contribution in [2.75, 3.05) is 44.2 Å². The van der Waals surface area contributed by atoms with Gasteiger partial charge in [-0.05, 0) is 100 Å². The molecule has 1 unspecified atom stereocenters. The summed E-state index contributed by atoms with van der Waals surface area (Å²) in [6.45, 7) is 13.4. The molecule has 4 heterocycles. The van der Waals surface area contributed by atoms with Crippen LogP contribution in [-0.4, -0.2) is 119 Å². The van der Waals surface area contributed by atoms with Crippen LogP contribution in [-0.2, 0) is 9.59 Å². The van der Waals surface area contributed by atoms with Gasteiger partial charge >= 0.3 is 6.03 Å². The van der Waals surface area contributed by atoms with Gasteiger partial charge in [-0.3, -0.25) is 29.4 Å². The number of piperazine rings is 1. The summed E-state index contributed by atoms with van der Waals surface area (Å²) >= 11 is 6.33. The highest BCUT2D eigenvalue weighted by molar-refractivity contribution is 6.32. The van der Waals surface area contributed by atoms with Crippen LogP contribution in [0.2, 0.25) is 5.02 Å². The number of nitrogens with one attached hydrogen (secondary N) is 2. The van der Waals surface area contributed by atoms with E-state index in [2.05, 4.69) is 57.9 Å². The molecule has 0 spiro atoms. The molecule has 3 atom stereocenters. The zero-order chi connectivity index (χ0) is 42.9. The van der Waals surface area contributed by atoms with Crippen molar-refractivity contribution in [2.24, 2.45) is 5.92 Å². The molecule has 4 fully saturated rings. The number of carbonyl (C=O) groups is 5. The van der Waals surface area contributed by atoms with Gasteiger partial charge in [-0.1, -0.05) is 24.6 Å². The van der Waals surface area contributed by atoms with E-state index in [1.165, 1.54) is 5.70 Å². The van der Waals surface area contributed by atoms with E-state index in [9.17, 15) is 29.2 Å². The van der Waals surface area contributed by atoms with Gasteiger partial charge in [0.15, 0.2) is 0 Å². The maximum absolute atomic E-state index is 13.6. The maximum Gasteiger partial charge on any atom is 0.322 e. The minimum Gasteiger partial charge on any atom is -0.490 e. The van der Waals surface area contributed by atoms with E-state index < -0.39 is 29.7 Å². The van der Waals surface area contributed by atoms with Gasteiger partial charge in [0, 0.05) is 81.2 Å². The second kappa shape index (κ2) is 17.8. The van der Waals surface area contributed by atoms with Gasteiger partial charge in [-0.15, -0.1) is 6.58 Å². The van der Waals surface area contributed by atoms with Crippen LogP contribution in [0.25, 0.3) is 0 Å². The van der Waals surface area contributed by atoms with E-state index in [4.69, 9.17) is 16.3 Å². The molecule has 1 saturated carbocycles. The van der Waals surface area contributed by atoms with Crippen LogP contribution >= 0.6 is 11.6 Å². The number of halogens is 1. The van der Waals surface area contributed by atoms with E-state index in [0.29, 0.717) is 41.4 Å². The summed E-state index contributed by atoms with van der Waals surface area (Å²) in [5, 5.41) is 15.1. The molecule has 2 aromatic rings. The Balaban J connectivity index is 0.776. The summed E-state index contributed by atoms with van der Waals surface area (Å²) < 4.78 is 6.28. The molecule has 3 saturated heterocycles. The number of urea groups is 1. The van der Waals surface area contributed by atoms with Crippen LogP contribution in [0.1, 0.15) is 91.5 Å². The maximum atomic E-state index is 13.6. The average Bonchev–Trinajstić information content (AvgIpc) is 3.49. The van der Waals surface area contributed by atoms with Gasteiger partial charge in [0.25, 0.3) is 11.8 Å². The van der Waals surface area contributed by atoms with Crippen molar-refractivity contribution in [3.63, 3.8) is 0 Å². The summed E-state index contributed by atoms with van der Waals surface area (Å²) in [7, 11) is 0. The number of anilines is 1. The number of carbonyl (C=O) groups excluding carboxylic acids is 5. The van der Waals surface area contributed by atoms with E-state index in [1.54, 1.807) is 24.3 Å². The van der Waals surface area contributed by atoms with Gasteiger partial charge in [0.2, 0.25) is 11.8 Å². The number of imide groups is 2. The molecule has 15 heteroatoms. The molecule has 2 aliphatic carbocycles. The van der Waals surface area contributed by atoms with Crippen molar-refractivity contribution in [3.8, 4) is 11.8 Å². The molecule has 6 amide bonds. The Morgan fingerprint density at radius 1 is 1.02 bits per heavy atom. The smallest absolute Gasteiger partial charge is 0.322 e. The third-order valence-electron chi connectivity index (χ3n) is 13.3. The first-order valence-corrected chi connectivity index (χ1v) is 21.9.